The van der Waals surface area contributed by atoms with Gasteiger partial charge in [0, 0.05) is 0 Å². The molecule has 0 saturated carbocycles. The Hall–Kier alpha value is -1.42. The summed E-state index contributed by atoms with van der Waals surface area (Å²) in [7, 11) is 1.24. The molecule has 0 heterocycles. The predicted molar refractivity (Wildman–Crippen MR) is 52.7 cm³/mol. The number of aryl methyl sites for hydroxylation is 1. The fraction of sp³-hybridized carbons (Fsp3) is 0.364. The van der Waals surface area contributed by atoms with Gasteiger partial charge in [-0.2, -0.15) is 0 Å². The van der Waals surface area contributed by atoms with E-state index in [0.29, 0.717) is 11.1 Å². The normalized spacial score (nSPS) is 12.3. The maximum atomic E-state index is 13.1. The Kier molecular flexibility index (Phi) is 3.80. The summed E-state index contributed by atoms with van der Waals surface area (Å²) >= 11 is 0. The van der Waals surface area contributed by atoms with Crippen LogP contribution in [0.4, 0.5) is 4.39 Å². The Morgan fingerprint density at radius 1 is 1.60 bits per heavy atom. The van der Waals surface area contributed by atoms with E-state index in [1.807, 2.05) is 0 Å². The number of methoxy groups -OCH3 is 1. The van der Waals surface area contributed by atoms with Gasteiger partial charge in [-0.15, -0.1) is 0 Å². The van der Waals surface area contributed by atoms with Crippen LogP contribution in [0, 0.1) is 12.7 Å². The van der Waals surface area contributed by atoms with Crippen molar-refractivity contribution >= 4 is 5.97 Å². The number of rotatable bonds is 3. The van der Waals surface area contributed by atoms with Crippen molar-refractivity contribution in [3.05, 3.63) is 35.1 Å². The Labute approximate surface area is 87.5 Å². The highest BCUT2D eigenvalue weighted by Gasteiger charge is 2.14. The van der Waals surface area contributed by atoms with Gasteiger partial charge >= 0.3 is 5.97 Å². The van der Waals surface area contributed by atoms with E-state index in [4.69, 9.17) is 0 Å². The maximum absolute atomic E-state index is 13.1. The number of esters is 1. The number of ether oxygens (including phenoxy) is 1. The van der Waals surface area contributed by atoms with Crippen LogP contribution in [-0.4, -0.2) is 18.2 Å². The zero-order valence-electron chi connectivity index (χ0n) is 8.66. The molecule has 1 N–H and O–H groups in total. The fourth-order valence-corrected chi connectivity index (χ4v) is 1.18. The van der Waals surface area contributed by atoms with Crippen molar-refractivity contribution in [2.45, 2.75) is 19.4 Å². The summed E-state index contributed by atoms with van der Waals surface area (Å²) in [5.74, 6) is -0.917. The average molecular weight is 212 g/mol. The van der Waals surface area contributed by atoms with E-state index >= 15 is 0 Å². The molecule has 1 atom stereocenters. The minimum Gasteiger partial charge on any atom is -0.469 e. The molecular formula is C11H13FO3. The summed E-state index contributed by atoms with van der Waals surface area (Å²) in [5.41, 5.74) is 0.882. The van der Waals surface area contributed by atoms with Crippen molar-refractivity contribution in [3.63, 3.8) is 0 Å². The third kappa shape index (κ3) is 3.02. The van der Waals surface area contributed by atoms with Crippen LogP contribution < -0.4 is 0 Å². The molecule has 0 aliphatic heterocycles. The zero-order valence-corrected chi connectivity index (χ0v) is 8.66. The molecule has 15 heavy (non-hydrogen) atoms. The van der Waals surface area contributed by atoms with Gasteiger partial charge in [0.15, 0.2) is 0 Å². The first-order valence-corrected chi connectivity index (χ1v) is 4.55. The summed E-state index contributed by atoms with van der Waals surface area (Å²) in [4.78, 5) is 10.9. The lowest BCUT2D eigenvalue weighted by molar-refractivity contribution is -0.142. The first-order chi connectivity index (χ1) is 7.04. The van der Waals surface area contributed by atoms with Crippen LogP contribution in [0.3, 0.4) is 0 Å². The summed E-state index contributed by atoms with van der Waals surface area (Å²) < 4.78 is 17.5. The molecule has 0 spiro atoms. The predicted octanol–water partition coefficient (Wildman–Crippen LogP) is 1.73. The second-order valence-corrected chi connectivity index (χ2v) is 3.30. The van der Waals surface area contributed by atoms with Gasteiger partial charge in [0.1, 0.15) is 5.82 Å². The lowest BCUT2D eigenvalue weighted by Gasteiger charge is -2.10. The van der Waals surface area contributed by atoms with Crippen LogP contribution in [-0.2, 0) is 9.53 Å². The maximum Gasteiger partial charge on any atom is 0.308 e. The minimum absolute atomic E-state index is 0.168. The van der Waals surface area contributed by atoms with Crippen LogP contribution >= 0.6 is 0 Å². The molecule has 1 rings (SSSR count). The monoisotopic (exact) mass is 212 g/mol. The van der Waals surface area contributed by atoms with Crippen molar-refractivity contribution in [2.75, 3.05) is 7.11 Å². The molecule has 0 fully saturated rings. The van der Waals surface area contributed by atoms with Crippen LogP contribution in [0.1, 0.15) is 23.7 Å². The number of carbonyl (C=O) groups is 1. The number of benzene rings is 1. The Morgan fingerprint density at radius 3 is 2.80 bits per heavy atom. The molecule has 1 aromatic rings. The largest absolute Gasteiger partial charge is 0.469 e. The van der Waals surface area contributed by atoms with Crippen molar-refractivity contribution in [3.8, 4) is 0 Å². The SMILES string of the molecule is COC(=O)C[C@@H](O)c1ccc(C)c(F)c1. The average Bonchev–Trinajstić information content (AvgIpc) is 2.21. The Morgan fingerprint density at radius 2 is 2.27 bits per heavy atom. The minimum atomic E-state index is -1.02. The highest BCUT2D eigenvalue weighted by molar-refractivity contribution is 5.70. The van der Waals surface area contributed by atoms with Crippen LogP contribution in [0.5, 0.6) is 0 Å². The molecule has 0 aromatic heterocycles. The summed E-state index contributed by atoms with van der Waals surface area (Å²) in [6.45, 7) is 1.63. The first kappa shape index (κ1) is 11.7. The van der Waals surface area contributed by atoms with Crippen LogP contribution in [0.15, 0.2) is 18.2 Å². The van der Waals surface area contributed by atoms with Gasteiger partial charge in [0.05, 0.1) is 19.6 Å². The number of aliphatic hydroxyl groups excluding tert-OH is 1. The third-order valence-corrected chi connectivity index (χ3v) is 2.17. The van der Waals surface area contributed by atoms with E-state index in [1.54, 1.807) is 19.1 Å². The smallest absolute Gasteiger partial charge is 0.308 e. The van der Waals surface area contributed by atoms with E-state index < -0.39 is 17.9 Å². The molecule has 3 nitrogen and oxygen atoms in total. The van der Waals surface area contributed by atoms with E-state index in [9.17, 15) is 14.3 Å². The summed E-state index contributed by atoms with van der Waals surface area (Å²) in [6.07, 6.45) is -1.19. The molecule has 0 bridgehead atoms. The standard InChI is InChI=1S/C11H13FO3/c1-7-3-4-8(5-9(7)12)10(13)6-11(14)15-2/h3-5,10,13H,6H2,1-2H3/t10-/m1/s1. The highest BCUT2D eigenvalue weighted by atomic mass is 19.1. The number of hydrogen-bond acceptors (Lipinski definition) is 3. The van der Waals surface area contributed by atoms with Gasteiger partial charge in [0.2, 0.25) is 0 Å². The van der Waals surface area contributed by atoms with Crippen LogP contribution in [0.2, 0.25) is 0 Å². The zero-order chi connectivity index (χ0) is 11.4. The van der Waals surface area contributed by atoms with Gasteiger partial charge in [-0.1, -0.05) is 12.1 Å². The van der Waals surface area contributed by atoms with Crippen LogP contribution in [0.25, 0.3) is 0 Å². The third-order valence-electron chi connectivity index (χ3n) is 2.17. The van der Waals surface area contributed by atoms with Crippen molar-refractivity contribution in [2.24, 2.45) is 0 Å². The lowest BCUT2D eigenvalue weighted by Crippen LogP contribution is -2.08. The Balaban J connectivity index is 2.78. The van der Waals surface area contributed by atoms with Crippen molar-refractivity contribution in [1.29, 1.82) is 0 Å². The van der Waals surface area contributed by atoms with Gasteiger partial charge in [0.25, 0.3) is 0 Å². The number of hydrogen-bond donors (Lipinski definition) is 1. The number of carbonyl (C=O) groups excluding carboxylic acids is 1. The first-order valence-electron chi connectivity index (χ1n) is 4.55. The van der Waals surface area contributed by atoms with Gasteiger partial charge in [-0.3, -0.25) is 4.79 Å². The van der Waals surface area contributed by atoms with Crippen molar-refractivity contribution in [1.82, 2.24) is 0 Å². The number of aliphatic hydroxyl groups is 1. The van der Waals surface area contributed by atoms with Crippen molar-refractivity contribution < 1.29 is 19.0 Å². The lowest BCUT2D eigenvalue weighted by atomic mass is 10.0. The van der Waals surface area contributed by atoms with E-state index in [-0.39, 0.29) is 6.42 Å². The van der Waals surface area contributed by atoms with Gasteiger partial charge < -0.3 is 9.84 Å². The molecule has 4 heteroatoms. The summed E-state index contributed by atoms with van der Waals surface area (Å²) in [6, 6.07) is 4.38. The molecule has 0 unspecified atom stereocenters. The topological polar surface area (TPSA) is 46.5 Å². The highest BCUT2D eigenvalue weighted by Crippen LogP contribution is 2.19. The quantitative estimate of drug-likeness (QED) is 0.776. The second kappa shape index (κ2) is 4.89. The summed E-state index contributed by atoms with van der Waals surface area (Å²) in [5, 5.41) is 9.57. The molecule has 0 amide bonds. The van der Waals surface area contributed by atoms with Gasteiger partial charge in [-0.25, -0.2) is 4.39 Å². The molecular weight excluding hydrogens is 199 g/mol. The molecule has 1 aromatic carbocycles. The Bertz CT molecular complexity index is 363. The van der Waals surface area contributed by atoms with Gasteiger partial charge in [-0.05, 0) is 24.1 Å². The molecule has 0 saturated heterocycles. The fourth-order valence-electron chi connectivity index (χ4n) is 1.18. The molecule has 0 radical (unpaired) electrons. The number of halogens is 1. The molecule has 82 valence electrons. The van der Waals surface area contributed by atoms with E-state index in [2.05, 4.69) is 4.74 Å². The van der Waals surface area contributed by atoms with E-state index in [0.717, 1.165) is 0 Å². The molecule has 0 aliphatic rings. The van der Waals surface area contributed by atoms with E-state index in [1.165, 1.54) is 13.2 Å². The second-order valence-electron chi connectivity index (χ2n) is 3.30. The molecule has 0 aliphatic carbocycles.